The van der Waals surface area contributed by atoms with Crippen LogP contribution in [0.2, 0.25) is 0 Å². The lowest BCUT2D eigenvalue weighted by atomic mass is 9.94. The highest BCUT2D eigenvalue weighted by Gasteiger charge is 2.20. The number of nitrogens with two attached hydrogens (primary N) is 1. The standard InChI is InChI=1S/C18H25N3/c1-2-21(15-8-4-3-5-9-15)13-14-12-17(19)16-10-6-7-11-18(16)20-14/h6-7,10-12,15H,2-5,8-9,13H2,1H3,(H2,19,20). The van der Waals surface area contributed by atoms with Crippen LogP contribution < -0.4 is 5.73 Å². The van der Waals surface area contributed by atoms with Gasteiger partial charge in [0.25, 0.3) is 0 Å². The van der Waals surface area contributed by atoms with E-state index in [0.29, 0.717) is 0 Å². The van der Waals surface area contributed by atoms with E-state index < -0.39 is 0 Å². The molecular weight excluding hydrogens is 258 g/mol. The fourth-order valence-electron chi connectivity index (χ4n) is 3.49. The second-order valence-electron chi connectivity index (χ2n) is 6.07. The predicted molar refractivity (Wildman–Crippen MR) is 89.1 cm³/mol. The monoisotopic (exact) mass is 283 g/mol. The van der Waals surface area contributed by atoms with Crippen LogP contribution in [0.15, 0.2) is 30.3 Å². The smallest absolute Gasteiger partial charge is 0.0726 e. The average molecular weight is 283 g/mol. The van der Waals surface area contributed by atoms with Crippen LogP contribution in [0, 0.1) is 0 Å². The summed E-state index contributed by atoms with van der Waals surface area (Å²) in [5, 5.41) is 1.06. The van der Waals surface area contributed by atoms with Crippen molar-refractivity contribution in [3.8, 4) is 0 Å². The van der Waals surface area contributed by atoms with Gasteiger partial charge in [-0.3, -0.25) is 9.88 Å². The Hall–Kier alpha value is -1.61. The molecule has 0 saturated heterocycles. The van der Waals surface area contributed by atoms with Gasteiger partial charge >= 0.3 is 0 Å². The summed E-state index contributed by atoms with van der Waals surface area (Å²) in [7, 11) is 0. The van der Waals surface area contributed by atoms with E-state index in [4.69, 9.17) is 10.7 Å². The van der Waals surface area contributed by atoms with Gasteiger partial charge in [0, 0.05) is 23.7 Å². The van der Waals surface area contributed by atoms with E-state index in [1.165, 1.54) is 32.1 Å². The number of hydrogen-bond donors (Lipinski definition) is 1. The summed E-state index contributed by atoms with van der Waals surface area (Å²) in [6, 6.07) is 10.9. The van der Waals surface area contributed by atoms with Crippen LogP contribution in [0.5, 0.6) is 0 Å². The van der Waals surface area contributed by atoms with Crippen LogP contribution in [-0.4, -0.2) is 22.5 Å². The predicted octanol–water partition coefficient (Wildman–Crippen LogP) is 3.97. The zero-order chi connectivity index (χ0) is 14.7. The molecule has 1 heterocycles. The molecule has 0 radical (unpaired) electrons. The highest BCUT2D eigenvalue weighted by atomic mass is 15.2. The SMILES string of the molecule is CCN(Cc1cc(N)c2ccccc2n1)C1CCCCC1. The second kappa shape index (κ2) is 6.44. The number of nitrogens with zero attached hydrogens (tertiary/aromatic N) is 2. The van der Waals surface area contributed by atoms with Crippen molar-refractivity contribution in [2.75, 3.05) is 12.3 Å². The fourth-order valence-corrected chi connectivity index (χ4v) is 3.49. The van der Waals surface area contributed by atoms with E-state index in [1.807, 2.05) is 30.3 Å². The van der Waals surface area contributed by atoms with Crippen molar-refractivity contribution < 1.29 is 0 Å². The van der Waals surface area contributed by atoms with Crippen molar-refractivity contribution in [2.24, 2.45) is 0 Å². The largest absolute Gasteiger partial charge is 0.398 e. The zero-order valence-corrected chi connectivity index (χ0v) is 12.9. The maximum absolute atomic E-state index is 6.19. The molecule has 0 amide bonds. The first-order valence-corrected chi connectivity index (χ1v) is 8.16. The van der Waals surface area contributed by atoms with Crippen molar-refractivity contribution in [2.45, 2.75) is 51.6 Å². The number of anilines is 1. The first-order chi connectivity index (χ1) is 10.3. The number of benzene rings is 1. The number of nitrogen functional groups attached to an aromatic ring is 1. The van der Waals surface area contributed by atoms with Crippen molar-refractivity contribution in [3.63, 3.8) is 0 Å². The highest BCUT2D eigenvalue weighted by molar-refractivity contribution is 5.90. The molecule has 2 N–H and O–H groups in total. The van der Waals surface area contributed by atoms with Gasteiger partial charge in [-0.2, -0.15) is 0 Å². The van der Waals surface area contributed by atoms with Crippen LogP contribution >= 0.6 is 0 Å². The van der Waals surface area contributed by atoms with Gasteiger partial charge in [0.2, 0.25) is 0 Å². The van der Waals surface area contributed by atoms with E-state index in [0.717, 1.165) is 41.4 Å². The summed E-state index contributed by atoms with van der Waals surface area (Å²) in [5.74, 6) is 0. The number of rotatable bonds is 4. The highest BCUT2D eigenvalue weighted by Crippen LogP contribution is 2.25. The van der Waals surface area contributed by atoms with E-state index >= 15 is 0 Å². The molecule has 112 valence electrons. The van der Waals surface area contributed by atoms with Crippen LogP contribution in [-0.2, 0) is 6.54 Å². The molecule has 0 bridgehead atoms. The van der Waals surface area contributed by atoms with Gasteiger partial charge in [-0.15, -0.1) is 0 Å². The molecule has 1 saturated carbocycles. The van der Waals surface area contributed by atoms with E-state index in [2.05, 4.69) is 11.8 Å². The van der Waals surface area contributed by atoms with Gasteiger partial charge in [-0.25, -0.2) is 0 Å². The van der Waals surface area contributed by atoms with Crippen LogP contribution in [0.25, 0.3) is 10.9 Å². The molecule has 3 rings (SSSR count). The van der Waals surface area contributed by atoms with Gasteiger partial charge < -0.3 is 5.73 Å². The van der Waals surface area contributed by atoms with Gasteiger partial charge in [-0.1, -0.05) is 44.4 Å². The maximum Gasteiger partial charge on any atom is 0.0726 e. The van der Waals surface area contributed by atoms with Gasteiger partial charge in [-0.05, 0) is 31.5 Å². The topological polar surface area (TPSA) is 42.1 Å². The van der Waals surface area contributed by atoms with Crippen molar-refractivity contribution in [3.05, 3.63) is 36.0 Å². The number of aromatic nitrogens is 1. The molecule has 1 aromatic heterocycles. The van der Waals surface area contributed by atoms with E-state index in [9.17, 15) is 0 Å². The molecule has 1 fully saturated rings. The molecule has 3 nitrogen and oxygen atoms in total. The quantitative estimate of drug-likeness (QED) is 0.923. The summed E-state index contributed by atoms with van der Waals surface area (Å²) in [5.41, 5.74) is 9.14. The molecule has 3 heteroatoms. The number of hydrogen-bond acceptors (Lipinski definition) is 3. The van der Waals surface area contributed by atoms with Crippen molar-refractivity contribution in [1.29, 1.82) is 0 Å². The zero-order valence-electron chi connectivity index (χ0n) is 12.9. The Bertz CT molecular complexity index is 602. The lowest BCUT2D eigenvalue weighted by molar-refractivity contribution is 0.154. The number of fused-ring (bicyclic) bond motifs is 1. The minimum Gasteiger partial charge on any atom is -0.398 e. The van der Waals surface area contributed by atoms with Gasteiger partial charge in [0.1, 0.15) is 0 Å². The molecule has 2 aromatic rings. The Balaban J connectivity index is 1.82. The molecule has 1 aromatic carbocycles. The first kappa shape index (κ1) is 14.3. The third kappa shape index (κ3) is 3.18. The minimum absolute atomic E-state index is 0.721. The summed E-state index contributed by atoms with van der Waals surface area (Å²) >= 11 is 0. The number of para-hydroxylation sites is 1. The lowest BCUT2D eigenvalue weighted by Gasteiger charge is -2.33. The Labute approximate surface area is 127 Å². The normalized spacial score (nSPS) is 16.7. The average Bonchev–Trinajstić information content (AvgIpc) is 2.53. The van der Waals surface area contributed by atoms with Gasteiger partial charge in [0.15, 0.2) is 0 Å². The molecular formula is C18H25N3. The summed E-state index contributed by atoms with van der Waals surface area (Å²) in [6.07, 6.45) is 6.80. The lowest BCUT2D eigenvalue weighted by Crippen LogP contribution is -2.36. The Morgan fingerprint density at radius 3 is 2.71 bits per heavy atom. The van der Waals surface area contributed by atoms with E-state index in [1.54, 1.807) is 0 Å². The summed E-state index contributed by atoms with van der Waals surface area (Å²) in [4.78, 5) is 7.36. The molecule has 1 aliphatic carbocycles. The second-order valence-corrected chi connectivity index (χ2v) is 6.07. The van der Waals surface area contributed by atoms with Crippen LogP contribution in [0.4, 0.5) is 5.69 Å². The third-order valence-electron chi connectivity index (χ3n) is 4.66. The Morgan fingerprint density at radius 1 is 1.19 bits per heavy atom. The molecule has 1 aliphatic rings. The van der Waals surface area contributed by atoms with Crippen molar-refractivity contribution >= 4 is 16.6 Å². The van der Waals surface area contributed by atoms with Crippen LogP contribution in [0.1, 0.15) is 44.7 Å². The molecule has 0 aliphatic heterocycles. The van der Waals surface area contributed by atoms with Crippen molar-refractivity contribution in [1.82, 2.24) is 9.88 Å². The first-order valence-electron chi connectivity index (χ1n) is 8.16. The summed E-state index contributed by atoms with van der Waals surface area (Å²) < 4.78 is 0. The van der Waals surface area contributed by atoms with Crippen LogP contribution in [0.3, 0.4) is 0 Å². The van der Waals surface area contributed by atoms with Gasteiger partial charge in [0.05, 0.1) is 11.2 Å². The third-order valence-corrected chi connectivity index (χ3v) is 4.66. The Kier molecular flexibility index (Phi) is 4.39. The Morgan fingerprint density at radius 2 is 1.95 bits per heavy atom. The fraction of sp³-hybridized carbons (Fsp3) is 0.500. The maximum atomic E-state index is 6.19. The number of pyridine rings is 1. The molecule has 0 unspecified atom stereocenters. The molecule has 0 atom stereocenters. The molecule has 0 spiro atoms. The van der Waals surface area contributed by atoms with E-state index in [-0.39, 0.29) is 0 Å². The molecule has 21 heavy (non-hydrogen) atoms. The summed E-state index contributed by atoms with van der Waals surface area (Å²) in [6.45, 7) is 4.24. The minimum atomic E-state index is 0.721.